The molecular formula is C18H17BrN2O2. The van der Waals surface area contributed by atoms with E-state index in [0.29, 0.717) is 6.42 Å². The fourth-order valence-corrected chi connectivity index (χ4v) is 3.44. The maximum Gasteiger partial charge on any atom is 0.247 e. The SMILES string of the molecule is CC(=O)N1c2ccccc2C[C@H]1C(=O)Nc1ccc(Br)cc1C. The number of fused-ring (bicyclic) bond motifs is 1. The average molecular weight is 373 g/mol. The topological polar surface area (TPSA) is 49.4 Å². The summed E-state index contributed by atoms with van der Waals surface area (Å²) >= 11 is 3.41. The van der Waals surface area contributed by atoms with E-state index in [9.17, 15) is 9.59 Å². The molecule has 0 fully saturated rings. The van der Waals surface area contributed by atoms with Crippen molar-refractivity contribution in [2.45, 2.75) is 26.3 Å². The summed E-state index contributed by atoms with van der Waals surface area (Å²) in [5.41, 5.74) is 3.58. The minimum absolute atomic E-state index is 0.123. The van der Waals surface area contributed by atoms with Gasteiger partial charge in [-0.25, -0.2) is 0 Å². The predicted octanol–water partition coefficient (Wildman–Crippen LogP) is 3.67. The summed E-state index contributed by atoms with van der Waals surface area (Å²) in [6.07, 6.45) is 0.539. The van der Waals surface area contributed by atoms with Gasteiger partial charge in [-0.2, -0.15) is 0 Å². The standard InChI is InChI=1S/C18H17BrN2O2/c1-11-9-14(19)7-8-15(11)20-18(23)17-10-13-5-3-4-6-16(13)21(17)12(2)22/h3-9,17H,10H2,1-2H3,(H,20,23)/t17-/m0/s1. The van der Waals surface area contributed by atoms with Crippen molar-refractivity contribution in [3.8, 4) is 0 Å². The molecule has 0 spiro atoms. The fraction of sp³-hybridized carbons (Fsp3) is 0.222. The molecule has 0 aliphatic carbocycles. The van der Waals surface area contributed by atoms with Gasteiger partial charge in [-0.3, -0.25) is 14.5 Å². The highest BCUT2D eigenvalue weighted by atomic mass is 79.9. The van der Waals surface area contributed by atoms with Crippen molar-refractivity contribution in [3.63, 3.8) is 0 Å². The van der Waals surface area contributed by atoms with Crippen molar-refractivity contribution >= 4 is 39.1 Å². The first-order chi connectivity index (χ1) is 11.0. The van der Waals surface area contributed by atoms with Crippen molar-refractivity contribution in [2.24, 2.45) is 0 Å². The Balaban J connectivity index is 1.86. The summed E-state index contributed by atoms with van der Waals surface area (Å²) < 4.78 is 0.964. The van der Waals surface area contributed by atoms with E-state index in [2.05, 4.69) is 21.2 Å². The van der Waals surface area contributed by atoms with Crippen LogP contribution in [0.2, 0.25) is 0 Å². The maximum atomic E-state index is 12.7. The van der Waals surface area contributed by atoms with Crippen LogP contribution in [0.5, 0.6) is 0 Å². The molecule has 23 heavy (non-hydrogen) atoms. The minimum atomic E-state index is -0.507. The summed E-state index contributed by atoms with van der Waals surface area (Å²) in [5.74, 6) is -0.288. The molecule has 0 bridgehead atoms. The van der Waals surface area contributed by atoms with Crippen molar-refractivity contribution in [3.05, 3.63) is 58.1 Å². The lowest BCUT2D eigenvalue weighted by atomic mass is 10.1. The van der Waals surface area contributed by atoms with Gasteiger partial charge < -0.3 is 5.32 Å². The quantitative estimate of drug-likeness (QED) is 0.873. The number of benzene rings is 2. The van der Waals surface area contributed by atoms with Gasteiger partial charge in [0.15, 0.2) is 0 Å². The van der Waals surface area contributed by atoms with Crippen molar-refractivity contribution in [2.75, 3.05) is 10.2 Å². The second-order valence-corrected chi connectivity index (χ2v) is 6.60. The smallest absolute Gasteiger partial charge is 0.247 e. The molecule has 0 unspecified atom stereocenters. The number of carbonyl (C=O) groups excluding carboxylic acids is 2. The first kappa shape index (κ1) is 15.7. The highest BCUT2D eigenvalue weighted by molar-refractivity contribution is 9.10. The number of anilines is 2. The molecule has 0 aromatic heterocycles. The van der Waals surface area contributed by atoms with Gasteiger partial charge in [0.2, 0.25) is 11.8 Å². The molecule has 1 N–H and O–H groups in total. The molecule has 2 aromatic carbocycles. The highest BCUT2D eigenvalue weighted by Gasteiger charge is 2.36. The molecule has 5 heteroatoms. The Morgan fingerprint density at radius 3 is 2.65 bits per heavy atom. The zero-order chi connectivity index (χ0) is 16.6. The number of nitrogens with zero attached hydrogens (tertiary/aromatic N) is 1. The minimum Gasteiger partial charge on any atom is -0.324 e. The third kappa shape index (κ3) is 3.01. The normalized spacial score (nSPS) is 16.1. The number of amides is 2. The van der Waals surface area contributed by atoms with Gasteiger partial charge in [0.25, 0.3) is 0 Å². The average Bonchev–Trinajstić information content (AvgIpc) is 2.89. The van der Waals surface area contributed by atoms with E-state index in [4.69, 9.17) is 0 Å². The van der Waals surface area contributed by atoms with Crippen LogP contribution >= 0.6 is 15.9 Å². The number of nitrogens with one attached hydrogen (secondary N) is 1. The third-order valence-corrected chi connectivity index (χ3v) is 4.56. The first-order valence-corrected chi connectivity index (χ1v) is 8.21. The zero-order valence-corrected chi connectivity index (χ0v) is 14.6. The number of aryl methyl sites for hydroxylation is 1. The van der Waals surface area contributed by atoms with Gasteiger partial charge in [0, 0.05) is 29.2 Å². The van der Waals surface area contributed by atoms with Crippen LogP contribution in [-0.2, 0) is 16.0 Å². The van der Waals surface area contributed by atoms with Crippen molar-refractivity contribution in [1.82, 2.24) is 0 Å². The molecule has 0 saturated heterocycles. The summed E-state index contributed by atoms with van der Waals surface area (Å²) in [6, 6.07) is 12.8. The lowest BCUT2D eigenvalue weighted by molar-refractivity contribution is -0.122. The summed E-state index contributed by atoms with van der Waals surface area (Å²) in [6.45, 7) is 3.43. The monoisotopic (exact) mass is 372 g/mol. The van der Waals surface area contributed by atoms with Crippen LogP contribution in [-0.4, -0.2) is 17.9 Å². The Kier molecular flexibility index (Phi) is 4.22. The Bertz CT molecular complexity index is 788. The molecule has 3 rings (SSSR count). The lowest BCUT2D eigenvalue weighted by Gasteiger charge is -2.23. The molecular weight excluding hydrogens is 356 g/mol. The molecule has 1 heterocycles. The third-order valence-electron chi connectivity index (χ3n) is 4.06. The summed E-state index contributed by atoms with van der Waals surface area (Å²) in [7, 11) is 0. The fourth-order valence-electron chi connectivity index (χ4n) is 2.97. The van der Waals surface area contributed by atoms with Gasteiger partial charge in [-0.15, -0.1) is 0 Å². The second-order valence-electron chi connectivity index (χ2n) is 5.69. The van der Waals surface area contributed by atoms with Crippen LogP contribution in [0.4, 0.5) is 11.4 Å². The van der Waals surface area contributed by atoms with Crippen LogP contribution in [0.3, 0.4) is 0 Å². The number of rotatable bonds is 2. The van der Waals surface area contributed by atoms with E-state index in [0.717, 1.165) is 27.0 Å². The zero-order valence-electron chi connectivity index (χ0n) is 13.0. The largest absolute Gasteiger partial charge is 0.324 e. The molecule has 1 aliphatic heterocycles. The van der Waals surface area contributed by atoms with E-state index < -0.39 is 6.04 Å². The maximum absolute atomic E-state index is 12.7. The number of hydrogen-bond donors (Lipinski definition) is 1. The molecule has 0 saturated carbocycles. The number of hydrogen-bond acceptors (Lipinski definition) is 2. The van der Waals surface area contributed by atoms with E-state index in [1.165, 1.54) is 6.92 Å². The first-order valence-electron chi connectivity index (χ1n) is 7.42. The van der Waals surface area contributed by atoms with E-state index in [1.54, 1.807) is 4.90 Å². The second kappa shape index (κ2) is 6.16. The molecule has 1 atom stereocenters. The van der Waals surface area contributed by atoms with Crippen LogP contribution in [0.15, 0.2) is 46.9 Å². The molecule has 2 aromatic rings. The number of para-hydroxylation sites is 1. The van der Waals surface area contributed by atoms with E-state index >= 15 is 0 Å². The van der Waals surface area contributed by atoms with Crippen molar-refractivity contribution in [1.29, 1.82) is 0 Å². The van der Waals surface area contributed by atoms with Crippen molar-refractivity contribution < 1.29 is 9.59 Å². The van der Waals surface area contributed by atoms with Gasteiger partial charge in [-0.05, 0) is 42.3 Å². The molecule has 4 nitrogen and oxygen atoms in total. The van der Waals surface area contributed by atoms with Crippen LogP contribution in [0.25, 0.3) is 0 Å². The molecule has 1 aliphatic rings. The molecule has 0 radical (unpaired) electrons. The Morgan fingerprint density at radius 2 is 1.96 bits per heavy atom. The molecule has 118 valence electrons. The van der Waals surface area contributed by atoms with Crippen LogP contribution in [0, 0.1) is 6.92 Å². The predicted molar refractivity (Wildman–Crippen MR) is 94.6 cm³/mol. The Hall–Kier alpha value is -2.14. The number of carbonyl (C=O) groups is 2. The van der Waals surface area contributed by atoms with Crippen LogP contribution < -0.4 is 10.2 Å². The van der Waals surface area contributed by atoms with Gasteiger partial charge in [0.1, 0.15) is 6.04 Å². The van der Waals surface area contributed by atoms with E-state index in [-0.39, 0.29) is 11.8 Å². The van der Waals surface area contributed by atoms with Gasteiger partial charge in [-0.1, -0.05) is 34.1 Å². The molecule has 2 amide bonds. The van der Waals surface area contributed by atoms with E-state index in [1.807, 2.05) is 49.4 Å². The summed E-state index contributed by atoms with van der Waals surface area (Å²) in [5, 5.41) is 2.95. The van der Waals surface area contributed by atoms with Crippen LogP contribution in [0.1, 0.15) is 18.1 Å². The summed E-state index contributed by atoms with van der Waals surface area (Å²) in [4.78, 5) is 26.3. The van der Waals surface area contributed by atoms with Gasteiger partial charge >= 0.3 is 0 Å². The Morgan fingerprint density at radius 1 is 1.22 bits per heavy atom. The lowest BCUT2D eigenvalue weighted by Crippen LogP contribution is -2.44. The highest BCUT2D eigenvalue weighted by Crippen LogP contribution is 2.33. The Labute approximate surface area is 143 Å². The van der Waals surface area contributed by atoms with Gasteiger partial charge in [0.05, 0.1) is 0 Å². The number of halogens is 1.